The molecule has 0 bridgehead atoms. The van der Waals surface area contributed by atoms with Crippen molar-refractivity contribution in [1.82, 2.24) is 35.0 Å². The molecule has 5 rings (SSSR count). The summed E-state index contributed by atoms with van der Waals surface area (Å²) in [6.07, 6.45) is 7.96. The third-order valence-electron chi connectivity index (χ3n) is 5.96. The Labute approximate surface area is 196 Å². The van der Waals surface area contributed by atoms with Gasteiger partial charge < -0.3 is 15.0 Å². The van der Waals surface area contributed by atoms with Gasteiger partial charge in [0, 0.05) is 56.4 Å². The zero-order valence-corrected chi connectivity index (χ0v) is 19.3. The minimum atomic E-state index is -0.214. The first kappa shape index (κ1) is 21.8. The molecular formula is C24H26N8O2. The van der Waals surface area contributed by atoms with E-state index in [1.165, 1.54) is 0 Å². The Kier molecular flexibility index (Phi) is 5.81. The number of aromatic amines is 1. The molecule has 1 atom stereocenters. The first-order valence-electron chi connectivity index (χ1n) is 11.1. The molecule has 174 valence electrons. The zero-order chi connectivity index (χ0) is 23.7. The van der Waals surface area contributed by atoms with Crippen molar-refractivity contribution in [3.05, 3.63) is 65.1 Å². The molecule has 1 aliphatic heterocycles. The summed E-state index contributed by atoms with van der Waals surface area (Å²) >= 11 is 0. The number of rotatable bonds is 6. The molecule has 0 radical (unpaired) electrons. The lowest BCUT2D eigenvalue weighted by Crippen LogP contribution is -2.31. The molecule has 5 heterocycles. The van der Waals surface area contributed by atoms with E-state index in [0.717, 1.165) is 30.8 Å². The molecule has 10 heteroatoms. The minimum absolute atomic E-state index is 0.214. The van der Waals surface area contributed by atoms with Crippen LogP contribution < -0.4 is 20.5 Å². The number of aryl methyl sites for hydroxylation is 2. The van der Waals surface area contributed by atoms with Gasteiger partial charge >= 0.3 is 0 Å². The quantitative estimate of drug-likeness (QED) is 0.453. The number of likely N-dealkylation sites (N-methyl/N-ethyl adjacent to an activating group) is 1. The average Bonchev–Trinajstić information content (AvgIpc) is 3.50. The first-order valence-corrected chi connectivity index (χ1v) is 11.1. The average molecular weight is 459 g/mol. The van der Waals surface area contributed by atoms with Gasteiger partial charge in [-0.2, -0.15) is 5.10 Å². The Balaban J connectivity index is 1.35. The predicted octanol–water partition coefficient (Wildman–Crippen LogP) is 2.53. The van der Waals surface area contributed by atoms with Crippen molar-refractivity contribution in [2.75, 3.05) is 25.0 Å². The van der Waals surface area contributed by atoms with E-state index in [-0.39, 0.29) is 5.56 Å². The van der Waals surface area contributed by atoms with Crippen LogP contribution in [0.4, 0.5) is 5.95 Å². The van der Waals surface area contributed by atoms with Crippen LogP contribution in [0.5, 0.6) is 11.5 Å². The Morgan fingerprint density at radius 1 is 1.18 bits per heavy atom. The van der Waals surface area contributed by atoms with Crippen molar-refractivity contribution < 1.29 is 4.74 Å². The van der Waals surface area contributed by atoms with Crippen LogP contribution >= 0.6 is 0 Å². The van der Waals surface area contributed by atoms with Gasteiger partial charge in [-0.15, -0.1) is 0 Å². The Morgan fingerprint density at radius 2 is 2.06 bits per heavy atom. The van der Waals surface area contributed by atoms with Crippen molar-refractivity contribution >= 4 is 5.95 Å². The van der Waals surface area contributed by atoms with Crippen LogP contribution in [0.1, 0.15) is 12.1 Å². The number of pyridine rings is 2. The summed E-state index contributed by atoms with van der Waals surface area (Å²) in [6, 6.07) is 7.63. The van der Waals surface area contributed by atoms with E-state index >= 15 is 0 Å². The van der Waals surface area contributed by atoms with Crippen LogP contribution in [-0.4, -0.2) is 55.9 Å². The molecule has 0 unspecified atom stereocenters. The Morgan fingerprint density at radius 3 is 2.76 bits per heavy atom. The van der Waals surface area contributed by atoms with Crippen LogP contribution in [0.3, 0.4) is 0 Å². The van der Waals surface area contributed by atoms with E-state index in [9.17, 15) is 4.79 Å². The monoisotopic (exact) mass is 458 g/mol. The number of nitrogens with zero attached hydrogens (tertiary/aromatic N) is 6. The molecule has 0 saturated carbocycles. The molecule has 2 N–H and O–H groups in total. The van der Waals surface area contributed by atoms with Crippen LogP contribution in [-0.2, 0) is 7.05 Å². The SMILES string of the molecule is CN[C@H]1CCN(c2ncc(-c3ccc(Oc4ccnc(-c5cnn(C)c5)c4)c(C)n3)c(=O)[nH]2)C1. The number of anilines is 1. The third kappa shape index (κ3) is 4.40. The molecule has 1 aliphatic rings. The molecule has 34 heavy (non-hydrogen) atoms. The molecule has 0 aromatic carbocycles. The highest BCUT2D eigenvalue weighted by atomic mass is 16.5. The fourth-order valence-electron chi connectivity index (χ4n) is 4.04. The second kappa shape index (κ2) is 9.06. The maximum absolute atomic E-state index is 12.8. The van der Waals surface area contributed by atoms with Crippen LogP contribution in [0.2, 0.25) is 0 Å². The van der Waals surface area contributed by atoms with Crippen LogP contribution in [0, 0.1) is 6.92 Å². The summed E-state index contributed by atoms with van der Waals surface area (Å²) in [6.45, 7) is 3.52. The van der Waals surface area contributed by atoms with Gasteiger partial charge in [-0.3, -0.25) is 19.4 Å². The summed E-state index contributed by atoms with van der Waals surface area (Å²) in [7, 11) is 3.81. The maximum Gasteiger partial charge on any atom is 0.261 e. The topological polar surface area (TPSA) is 114 Å². The second-order valence-corrected chi connectivity index (χ2v) is 8.33. The van der Waals surface area contributed by atoms with E-state index in [0.29, 0.717) is 40.4 Å². The van der Waals surface area contributed by atoms with Crippen LogP contribution in [0.25, 0.3) is 22.5 Å². The Bertz CT molecular complexity index is 1380. The lowest BCUT2D eigenvalue weighted by Gasteiger charge is -2.17. The van der Waals surface area contributed by atoms with Gasteiger partial charge in [0.2, 0.25) is 5.95 Å². The van der Waals surface area contributed by atoms with Crippen LogP contribution in [0.15, 0.2) is 53.8 Å². The van der Waals surface area contributed by atoms with Crippen molar-refractivity contribution in [3.8, 4) is 34.0 Å². The molecule has 0 aliphatic carbocycles. The summed E-state index contributed by atoms with van der Waals surface area (Å²) in [5, 5.41) is 7.45. The van der Waals surface area contributed by atoms with E-state index in [1.54, 1.807) is 35.4 Å². The smallest absolute Gasteiger partial charge is 0.261 e. The summed E-state index contributed by atoms with van der Waals surface area (Å²) < 4.78 is 7.79. The second-order valence-electron chi connectivity index (χ2n) is 8.33. The number of aromatic nitrogens is 6. The number of hydrogen-bond donors (Lipinski definition) is 2. The van der Waals surface area contributed by atoms with E-state index in [4.69, 9.17) is 4.74 Å². The predicted molar refractivity (Wildman–Crippen MR) is 129 cm³/mol. The van der Waals surface area contributed by atoms with Crippen molar-refractivity contribution in [2.24, 2.45) is 7.05 Å². The van der Waals surface area contributed by atoms with Crippen molar-refractivity contribution in [2.45, 2.75) is 19.4 Å². The van der Waals surface area contributed by atoms with E-state index in [1.807, 2.05) is 39.3 Å². The molecule has 4 aromatic heterocycles. The highest BCUT2D eigenvalue weighted by Gasteiger charge is 2.23. The highest BCUT2D eigenvalue weighted by Crippen LogP contribution is 2.28. The van der Waals surface area contributed by atoms with Gasteiger partial charge in [-0.25, -0.2) is 9.97 Å². The van der Waals surface area contributed by atoms with Gasteiger partial charge in [0.1, 0.15) is 11.5 Å². The molecule has 4 aromatic rings. The lowest BCUT2D eigenvalue weighted by molar-refractivity contribution is 0.475. The highest BCUT2D eigenvalue weighted by molar-refractivity contribution is 5.60. The molecule has 10 nitrogen and oxygen atoms in total. The summed E-state index contributed by atoms with van der Waals surface area (Å²) in [4.78, 5) is 31.2. The fourth-order valence-corrected chi connectivity index (χ4v) is 4.04. The lowest BCUT2D eigenvalue weighted by atomic mass is 10.2. The maximum atomic E-state index is 12.8. The van der Waals surface area contributed by atoms with Gasteiger partial charge in [0.15, 0.2) is 0 Å². The molecule has 0 amide bonds. The first-order chi connectivity index (χ1) is 16.5. The number of H-pyrrole nitrogens is 1. The van der Waals surface area contributed by atoms with Gasteiger partial charge in [-0.1, -0.05) is 0 Å². The van der Waals surface area contributed by atoms with E-state index in [2.05, 4.69) is 35.3 Å². The molecule has 0 spiro atoms. The summed E-state index contributed by atoms with van der Waals surface area (Å²) in [5.41, 5.74) is 3.09. The Hall–Kier alpha value is -4.05. The third-order valence-corrected chi connectivity index (χ3v) is 5.96. The van der Waals surface area contributed by atoms with Gasteiger partial charge in [-0.05, 0) is 38.6 Å². The number of nitrogens with one attached hydrogen (secondary N) is 2. The van der Waals surface area contributed by atoms with Gasteiger partial charge in [0.05, 0.1) is 28.8 Å². The van der Waals surface area contributed by atoms with Gasteiger partial charge in [0.25, 0.3) is 5.56 Å². The van der Waals surface area contributed by atoms with E-state index < -0.39 is 0 Å². The standard InChI is InChI=1S/C24H26N8O2/c1-15-22(34-18-6-8-26-21(10-18)16-11-28-31(3)13-16)5-4-20(29-15)19-12-27-24(30-23(19)33)32-9-7-17(14-32)25-2/h4-6,8,10-13,17,25H,7,9,14H2,1-3H3,(H,27,30,33)/t17-/m0/s1. The molecular weight excluding hydrogens is 432 g/mol. The van der Waals surface area contributed by atoms with Crippen molar-refractivity contribution in [3.63, 3.8) is 0 Å². The molecule has 1 fully saturated rings. The normalized spacial score (nSPS) is 15.6. The largest absolute Gasteiger partial charge is 0.455 e. The zero-order valence-electron chi connectivity index (χ0n) is 19.3. The number of hydrogen-bond acceptors (Lipinski definition) is 8. The number of ether oxygens (including phenoxy) is 1. The molecule has 1 saturated heterocycles. The fraction of sp³-hybridized carbons (Fsp3) is 0.292. The minimum Gasteiger partial charge on any atom is -0.455 e. The van der Waals surface area contributed by atoms with Crippen molar-refractivity contribution in [1.29, 1.82) is 0 Å². The summed E-state index contributed by atoms with van der Waals surface area (Å²) in [5.74, 6) is 1.83.